The van der Waals surface area contributed by atoms with Crippen LogP contribution in [0.2, 0.25) is 0 Å². The minimum absolute atomic E-state index is 0.0870. The first-order chi connectivity index (χ1) is 19.9. The van der Waals surface area contributed by atoms with Gasteiger partial charge < -0.3 is 24.6 Å². The van der Waals surface area contributed by atoms with Crippen LogP contribution in [0.25, 0.3) is 5.69 Å². The topological polar surface area (TPSA) is 135 Å². The number of hydrogen-bond donors (Lipinski definition) is 2. The third kappa shape index (κ3) is 7.12. The van der Waals surface area contributed by atoms with Gasteiger partial charge >= 0.3 is 0 Å². The Hall–Kier alpha value is -4.19. The minimum atomic E-state index is -0.250. The summed E-state index contributed by atoms with van der Waals surface area (Å²) < 4.78 is 9.20. The number of carbonyl (C=O) groups is 3. The van der Waals surface area contributed by atoms with E-state index in [1.165, 1.54) is 0 Å². The van der Waals surface area contributed by atoms with Crippen molar-refractivity contribution in [3.63, 3.8) is 0 Å². The van der Waals surface area contributed by atoms with Gasteiger partial charge in [-0.25, -0.2) is 4.98 Å². The number of aromatic nitrogens is 4. The molecule has 0 fully saturated rings. The zero-order valence-corrected chi connectivity index (χ0v) is 24.0. The van der Waals surface area contributed by atoms with E-state index in [0.29, 0.717) is 31.6 Å². The Morgan fingerprint density at radius 3 is 2.59 bits per heavy atom. The van der Waals surface area contributed by atoms with Crippen LogP contribution < -0.4 is 10.1 Å². The number of aryl methyl sites for hydroxylation is 1. The number of amides is 2. The van der Waals surface area contributed by atoms with Crippen molar-refractivity contribution >= 4 is 18.3 Å². The number of ether oxygens (including phenoxy) is 1. The van der Waals surface area contributed by atoms with E-state index in [1.807, 2.05) is 60.3 Å². The van der Waals surface area contributed by atoms with Gasteiger partial charge in [0.15, 0.2) is 5.69 Å². The number of rotatable bonds is 4. The molecule has 1 aliphatic heterocycles. The largest absolute Gasteiger partial charge is 0.497 e. The fourth-order valence-corrected chi connectivity index (χ4v) is 5.61. The Labute approximate surface area is 239 Å². The molecule has 5 rings (SSSR count). The Bertz CT molecular complexity index is 1330. The van der Waals surface area contributed by atoms with Gasteiger partial charge in [-0.05, 0) is 62.9 Å². The van der Waals surface area contributed by atoms with Crippen LogP contribution in [0.3, 0.4) is 0 Å². The lowest BCUT2D eigenvalue weighted by molar-refractivity contribution is -0.132. The summed E-state index contributed by atoms with van der Waals surface area (Å²) in [7, 11) is 5.46. The van der Waals surface area contributed by atoms with E-state index in [0.717, 1.165) is 67.3 Å². The lowest BCUT2D eigenvalue weighted by atomic mass is 9.90. The van der Waals surface area contributed by atoms with Gasteiger partial charge in [-0.3, -0.25) is 24.0 Å². The summed E-state index contributed by atoms with van der Waals surface area (Å²) in [4.78, 5) is 43.4. The smallest absolute Gasteiger partial charge is 0.290 e. The number of hydrogen-bond acceptors (Lipinski definition) is 7. The number of likely N-dealkylation sites (N-methyl/N-ethyl adjacent to an activating group) is 1. The zero-order valence-electron chi connectivity index (χ0n) is 24.0. The maximum absolute atomic E-state index is 13.1. The van der Waals surface area contributed by atoms with Crippen molar-refractivity contribution < 1.29 is 24.2 Å². The second-order valence-corrected chi connectivity index (χ2v) is 10.3. The van der Waals surface area contributed by atoms with Crippen molar-refractivity contribution in [2.24, 2.45) is 7.05 Å². The zero-order chi connectivity index (χ0) is 29.4. The van der Waals surface area contributed by atoms with Gasteiger partial charge in [-0.1, -0.05) is 0 Å². The highest BCUT2D eigenvalue weighted by molar-refractivity contribution is 5.94. The monoisotopic (exact) mass is 565 g/mol. The molecular formula is C29H39N7O5. The van der Waals surface area contributed by atoms with E-state index in [9.17, 15) is 9.59 Å². The lowest BCUT2D eigenvalue weighted by Gasteiger charge is -2.32. The molecule has 12 nitrogen and oxygen atoms in total. The molecule has 0 saturated heterocycles. The van der Waals surface area contributed by atoms with Crippen molar-refractivity contribution in [1.82, 2.24) is 34.4 Å². The first kappa shape index (κ1) is 29.8. The molecule has 0 saturated carbocycles. The van der Waals surface area contributed by atoms with E-state index in [2.05, 4.69) is 24.9 Å². The lowest BCUT2D eigenvalue weighted by Crippen LogP contribution is -2.41. The highest BCUT2D eigenvalue weighted by Gasteiger charge is 2.31. The van der Waals surface area contributed by atoms with Crippen LogP contribution in [0.1, 0.15) is 53.3 Å². The third-order valence-corrected chi connectivity index (χ3v) is 7.82. The van der Waals surface area contributed by atoms with Gasteiger partial charge in [-0.15, -0.1) is 0 Å². The normalized spacial score (nSPS) is 18.4. The van der Waals surface area contributed by atoms with E-state index in [4.69, 9.17) is 14.6 Å². The number of imidazole rings is 1. The molecule has 2 aliphatic rings. The van der Waals surface area contributed by atoms with Gasteiger partial charge in [0.05, 0.1) is 13.7 Å². The summed E-state index contributed by atoms with van der Waals surface area (Å²) in [6.45, 7) is 2.52. The second-order valence-electron chi connectivity index (χ2n) is 10.3. The molecule has 2 bridgehead atoms. The predicted octanol–water partition coefficient (Wildman–Crippen LogP) is 2.05. The van der Waals surface area contributed by atoms with Crippen molar-refractivity contribution in [3.8, 4) is 11.4 Å². The van der Waals surface area contributed by atoms with Crippen LogP contribution in [0.15, 0.2) is 36.7 Å². The van der Waals surface area contributed by atoms with E-state index in [1.54, 1.807) is 7.11 Å². The van der Waals surface area contributed by atoms with Crippen LogP contribution in [-0.2, 0) is 36.0 Å². The molecular weight excluding hydrogens is 526 g/mol. The molecule has 12 heteroatoms. The molecule has 220 valence electrons. The highest BCUT2D eigenvalue weighted by atomic mass is 16.5. The molecule has 3 heterocycles. The Morgan fingerprint density at radius 2 is 1.85 bits per heavy atom. The number of benzene rings is 1. The predicted molar refractivity (Wildman–Crippen MR) is 152 cm³/mol. The van der Waals surface area contributed by atoms with Crippen LogP contribution >= 0.6 is 0 Å². The molecule has 1 atom stereocenters. The number of carboxylic acid groups (broad SMARTS) is 1. The molecule has 1 aliphatic carbocycles. The van der Waals surface area contributed by atoms with Gasteiger partial charge in [0.1, 0.15) is 11.6 Å². The summed E-state index contributed by atoms with van der Waals surface area (Å²) in [5, 5.41) is 14.5. The van der Waals surface area contributed by atoms with Gasteiger partial charge in [-0.2, -0.15) is 5.10 Å². The average molecular weight is 566 g/mol. The van der Waals surface area contributed by atoms with Crippen LogP contribution in [-0.4, -0.2) is 92.4 Å². The van der Waals surface area contributed by atoms with Crippen LogP contribution in [0.4, 0.5) is 0 Å². The van der Waals surface area contributed by atoms with Crippen molar-refractivity contribution in [3.05, 3.63) is 59.4 Å². The quantitative estimate of drug-likeness (QED) is 0.459. The molecule has 1 unspecified atom stereocenters. The number of methoxy groups -OCH3 is 1. The fourth-order valence-electron chi connectivity index (χ4n) is 5.61. The van der Waals surface area contributed by atoms with Crippen LogP contribution in [0, 0.1) is 0 Å². The van der Waals surface area contributed by atoms with E-state index >= 15 is 0 Å². The Balaban J connectivity index is 0.00000124. The number of fused-ring (bicyclic) bond motifs is 1. The maximum Gasteiger partial charge on any atom is 0.290 e. The first-order valence-corrected chi connectivity index (χ1v) is 13.9. The molecule has 2 amide bonds. The highest BCUT2D eigenvalue weighted by Crippen LogP contribution is 2.27. The average Bonchev–Trinajstić information content (AvgIpc) is 3.58. The SMILES string of the molecule is COc1ccc(-n2ccnc2CN2CCCNC(=O)c3nn(C)c4c3CC(CC4)N(C)C(=O)CCC2)cc1.O=CO. The molecule has 2 aromatic heterocycles. The summed E-state index contributed by atoms with van der Waals surface area (Å²) in [6, 6.07) is 7.99. The van der Waals surface area contributed by atoms with Crippen molar-refractivity contribution in [2.45, 2.75) is 51.1 Å². The minimum Gasteiger partial charge on any atom is -0.497 e. The molecule has 3 aromatic rings. The molecule has 1 aromatic carbocycles. The van der Waals surface area contributed by atoms with E-state index < -0.39 is 0 Å². The summed E-state index contributed by atoms with van der Waals surface area (Å²) in [5.41, 5.74) is 3.61. The number of carbonyl (C=O) groups excluding carboxylic acids is 2. The van der Waals surface area contributed by atoms with Crippen LogP contribution in [0.5, 0.6) is 5.75 Å². The van der Waals surface area contributed by atoms with Gasteiger partial charge in [0.2, 0.25) is 5.91 Å². The summed E-state index contributed by atoms with van der Waals surface area (Å²) in [6.07, 6.45) is 8.22. The molecule has 41 heavy (non-hydrogen) atoms. The van der Waals surface area contributed by atoms with Gasteiger partial charge in [0, 0.05) is 69.0 Å². The molecule has 0 spiro atoms. The molecule has 2 N–H and O–H groups in total. The number of nitrogens with one attached hydrogen (secondary N) is 1. The van der Waals surface area contributed by atoms with E-state index in [-0.39, 0.29) is 24.3 Å². The first-order valence-electron chi connectivity index (χ1n) is 13.9. The summed E-state index contributed by atoms with van der Waals surface area (Å²) in [5.74, 6) is 1.76. The summed E-state index contributed by atoms with van der Waals surface area (Å²) >= 11 is 0. The van der Waals surface area contributed by atoms with Crippen molar-refractivity contribution in [1.29, 1.82) is 0 Å². The Morgan fingerprint density at radius 1 is 1.12 bits per heavy atom. The number of nitrogens with zero attached hydrogens (tertiary/aromatic N) is 6. The maximum atomic E-state index is 13.1. The van der Waals surface area contributed by atoms with Crippen molar-refractivity contribution in [2.75, 3.05) is 33.8 Å². The third-order valence-electron chi connectivity index (χ3n) is 7.82. The standard InChI is InChI=1S/C28H37N7O3.CH2O2/c1-32-21-9-12-24-23(18-21)27(31-33(24)2)28(37)30-13-5-16-34(15-4-6-26(32)36)19-25-29-14-17-35(25)20-7-10-22(38-3)11-8-20;2-1-3/h7-8,10-11,14,17,21H,4-6,9,12-13,15-16,18-19H2,1-3H3,(H,30,37);1H,(H,2,3). The fraction of sp³-hybridized carbons (Fsp3) is 0.483. The molecule has 0 radical (unpaired) electrons. The Kier molecular flexibility index (Phi) is 10.1. The van der Waals surface area contributed by atoms with Gasteiger partial charge in [0.25, 0.3) is 12.4 Å². The second kappa shape index (κ2) is 13.9.